The molecule has 0 unspecified atom stereocenters. The maximum atomic E-state index is 12.4. The number of esters is 1. The highest BCUT2D eigenvalue weighted by Crippen LogP contribution is 2.22. The van der Waals surface area contributed by atoms with E-state index in [1.165, 1.54) is 0 Å². The second kappa shape index (κ2) is 7.21. The maximum absolute atomic E-state index is 12.4. The van der Waals surface area contributed by atoms with E-state index in [1.54, 1.807) is 22.9 Å². The van der Waals surface area contributed by atoms with Crippen molar-refractivity contribution < 1.29 is 14.3 Å². The van der Waals surface area contributed by atoms with Crippen LogP contribution in [-0.4, -0.2) is 50.5 Å². The van der Waals surface area contributed by atoms with Gasteiger partial charge in [0, 0.05) is 18.6 Å². The van der Waals surface area contributed by atoms with Crippen LogP contribution in [-0.2, 0) is 16.1 Å². The highest BCUT2D eigenvalue weighted by atomic mass is 16.5. The number of likely N-dealkylation sites (tertiary alicyclic amines) is 1. The summed E-state index contributed by atoms with van der Waals surface area (Å²) in [4.78, 5) is 26.5. The lowest BCUT2D eigenvalue weighted by atomic mass is 9.97. The van der Waals surface area contributed by atoms with Gasteiger partial charge in [-0.3, -0.25) is 4.79 Å². The van der Waals surface area contributed by atoms with Gasteiger partial charge in [-0.15, -0.1) is 5.10 Å². The van der Waals surface area contributed by atoms with Crippen LogP contribution in [0, 0.1) is 0 Å². The zero-order chi connectivity index (χ0) is 18.0. The minimum Gasteiger partial charge on any atom is -0.452 e. The van der Waals surface area contributed by atoms with Crippen LogP contribution in [0.2, 0.25) is 0 Å². The fourth-order valence-corrected chi connectivity index (χ4v) is 3.53. The third-order valence-corrected chi connectivity index (χ3v) is 4.86. The first-order valence-corrected chi connectivity index (χ1v) is 8.82. The minimum atomic E-state index is -0.515. The molecule has 1 fully saturated rings. The van der Waals surface area contributed by atoms with Crippen molar-refractivity contribution in [1.82, 2.24) is 19.9 Å². The number of rotatable bonds is 4. The van der Waals surface area contributed by atoms with E-state index in [2.05, 4.69) is 10.3 Å². The van der Waals surface area contributed by atoms with Crippen LogP contribution in [0.25, 0.3) is 11.0 Å². The number of nitrogens with zero attached hydrogens (tertiary/aromatic N) is 4. The van der Waals surface area contributed by atoms with Gasteiger partial charge in [0.1, 0.15) is 5.52 Å². The molecule has 134 valence electrons. The Hall–Kier alpha value is -2.44. The van der Waals surface area contributed by atoms with Gasteiger partial charge < -0.3 is 9.64 Å². The van der Waals surface area contributed by atoms with Crippen LogP contribution in [0.5, 0.6) is 0 Å². The van der Waals surface area contributed by atoms with Gasteiger partial charge in [-0.2, -0.15) is 0 Å². The topological polar surface area (TPSA) is 77.3 Å². The predicted molar refractivity (Wildman–Crippen MR) is 93.1 cm³/mol. The number of carbonyl (C=O) groups excluding carboxylic acids is 2. The Bertz CT molecular complexity index is 776. The lowest BCUT2D eigenvalue weighted by Gasteiger charge is -2.38. The van der Waals surface area contributed by atoms with Crippen molar-refractivity contribution in [3.8, 4) is 0 Å². The molecular formula is C18H24N4O3. The smallest absolute Gasteiger partial charge is 0.338 e. The summed E-state index contributed by atoms with van der Waals surface area (Å²) < 4.78 is 6.99. The van der Waals surface area contributed by atoms with Crippen LogP contribution in [0.3, 0.4) is 0 Å². The molecule has 7 nitrogen and oxygen atoms in total. The summed E-state index contributed by atoms with van der Waals surface area (Å²) in [6.45, 7) is 6.54. The summed E-state index contributed by atoms with van der Waals surface area (Å²) in [7, 11) is 0. The molecule has 1 aromatic carbocycles. The predicted octanol–water partition coefficient (Wildman–Crippen LogP) is 2.40. The first-order chi connectivity index (χ1) is 12.0. The molecular weight excluding hydrogens is 320 g/mol. The molecule has 25 heavy (non-hydrogen) atoms. The van der Waals surface area contributed by atoms with E-state index >= 15 is 0 Å². The number of ether oxygens (including phenoxy) is 1. The van der Waals surface area contributed by atoms with Gasteiger partial charge in [0.25, 0.3) is 5.91 Å². The molecule has 1 aromatic heterocycles. The van der Waals surface area contributed by atoms with Gasteiger partial charge in [0.15, 0.2) is 6.61 Å². The van der Waals surface area contributed by atoms with Crippen molar-refractivity contribution in [3.63, 3.8) is 0 Å². The van der Waals surface area contributed by atoms with Gasteiger partial charge >= 0.3 is 5.97 Å². The van der Waals surface area contributed by atoms with Crippen LogP contribution in [0.1, 0.15) is 50.4 Å². The van der Waals surface area contributed by atoms with E-state index < -0.39 is 5.97 Å². The Morgan fingerprint density at radius 1 is 1.24 bits per heavy atom. The lowest BCUT2D eigenvalue weighted by Crippen LogP contribution is -2.49. The molecule has 0 saturated carbocycles. The zero-order valence-corrected chi connectivity index (χ0v) is 14.9. The van der Waals surface area contributed by atoms with Gasteiger partial charge in [-0.25, -0.2) is 9.48 Å². The Labute approximate surface area is 146 Å². The summed E-state index contributed by atoms with van der Waals surface area (Å²) in [5.41, 5.74) is 1.88. The Kier molecular flexibility index (Phi) is 5.01. The lowest BCUT2D eigenvalue weighted by molar-refractivity contribution is -0.140. The monoisotopic (exact) mass is 344 g/mol. The Balaban J connectivity index is 1.65. The average Bonchev–Trinajstić information content (AvgIpc) is 3.01. The van der Waals surface area contributed by atoms with E-state index in [9.17, 15) is 9.59 Å². The molecule has 0 N–H and O–H groups in total. The van der Waals surface area contributed by atoms with Crippen LogP contribution in [0.4, 0.5) is 0 Å². The number of amides is 1. The third-order valence-electron chi connectivity index (χ3n) is 4.86. The van der Waals surface area contributed by atoms with E-state index in [-0.39, 0.29) is 24.6 Å². The molecule has 0 bridgehead atoms. The first-order valence-electron chi connectivity index (χ1n) is 8.82. The molecule has 0 aliphatic carbocycles. The van der Waals surface area contributed by atoms with E-state index in [0.717, 1.165) is 24.8 Å². The zero-order valence-electron chi connectivity index (χ0n) is 14.9. The standard InChI is InChI=1S/C18H24N4O3/c1-4-21-16-9-8-14(10-15(16)19-20-21)18(24)25-11-17(23)22-12(2)6-5-7-13(22)3/h8-10,12-13H,4-7,11H2,1-3H3/t12-,13-/m1/s1. The van der Waals surface area contributed by atoms with Gasteiger partial charge in [-0.05, 0) is 58.2 Å². The van der Waals surface area contributed by atoms with Gasteiger partial charge in [0.05, 0.1) is 11.1 Å². The maximum Gasteiger partial charge on any atom is 0.338 e. The minimum absolute atomic E-state index is 0.133. The largest absolute Gasteiger partial charge is 0.452 e. The number of aromatic nitrogens is 3. The number of benzene rings is 1. The van der Waals surface area contributed by atoms with Gasteiger partial charge in [-0.1, -0.05) is 5.21 Å². The highest BCUT2D eigenvalue weighted by Gasteiger charge is 2.29. The number of fused-ring (bicyclic) bond motifs is 1. The van der Waals surface area contributed by atoms with E-state index in [0.29, 0.717) is 17.6 Å². The van der Waals surface area contributed by atoms with Crippen molar-refractivity contribution in [2.75, 3.05) is 6.61 Å². The number of hydrogen-bond donors (Lipinski definition) is 0. The SMILES string of the molecule is CCn1nnc2cc(C(=O)OCC(=O)N3[C@H](C)CCC[C@H]3C)ccc21. The van der Waals surface area contributed by atoms with Crippen molar-refractivity contribution in [1.29, 1.82) is 0 Å². The average molecular weight is 344 g/mol. The summed E-state index contributed by atoms with van der Waals surface area (Å²) in [6.07, 6.45) is 3.12. The fourth-order valence-electron chi connectivity index (χ4n) is 3.53. The molecule has 0 spiro atoms. The summed E-state index contributed by atoms with van der Waals surface area (Å²) in [5, 5.41) is 8.07. The second-order valence-electron chi connectivity index (χ2n) is 6.61. The third kappa shape index (κ3) is 3.50. The van der Waals surface area contributed by atoms with Crippen molar-refractivity contribution in [2.24, 2.45) is 0 Å². The Morgan fingerprint density at radius 3 is 2.64 bits per heavy atom. The molecule has 1 aliphatic heterocycles. The molecule has 1 saturated heterocycles. The van der Waals surface area contributed by atoms with Crippen molar-refractivity contribution in [3.05, 3.63) is 23.8 Å². The molecule has 7 heteroatoms. The molecule has 1 aliphatic rings. The molecule has 2 heterocycles. The van der Waals surface area contributed by atoms with Crippen LogP contribution < -0.4 is 0 Å². The number of hydrogen-bond acceptors (Lipinski definition) is 5. The van der Waals surface area contributed by atoms with E-state index in [1.807, 2.05) is 25.7 Å². The Morgan fingerprint density at radius 2 is 1.96 bits per heavy atom. The van der Waals surface area contributed by atoms with Crippen LogP contribution >= 0.6 is 0 Å². The molecule has 2 atom stereocenters. The first kappa shape index (κ1) is 17.4. The summed E-state index contributed by atoms with van der Waals surface area (Å²) in [5.74, 6) is -0.648. The van der Waals surface area contributed by atoms with Crippen molar-refractivity contribution in [2.45, 2.75) is 58.7 Å². The van der Waals surface area contributed by atoms with Gasteiger partial charge in [0.2, 0.25) is 0 Å². The molecule has 2 aromatic rings. The molecule has 1 amide bonds. The van der Waals surface area contributed by atoms with Crippen LogP contribution in [0.15, 0.2) is 18.2 Å². The number of piperidine rings is 1. The highest BCUT2D eigenvalue weighted by molar-refractivity contribution is 5.94. The van der Waals surface area contributed by atoms with E-state index in [4.69, 9.17) is 4.74 Å². The summed E-state index contributed by atoms with van der Waals surface area (Å²) in [6, 6.07) is 5.50. The second-order valence-corrected chi connectivity index (χ2v) is 6.61. The summed E-state index contributed by atoms with van der Waals surface area (Å²) >= 11 is 0. The molecule has 0 radical (unpaired) electrons. The number of aryl methyl sites for hydroxylation is 1. The molecule has 3 rings (SSSR count). The van der Waals surface area contributed by atoms with Crippen molar-refractivity contribution >= 4 is 22.9 Å². The quantitative estimate of drug-likeness (QED) is 0.796. The fraction of sp³-hybridized carbons (Fsp3) is 0.556. The normalized spacial score (nSPS) is 20.7. The number of carbonyl (C=O) groups is 2.